The van der Waals surface area contributed by atoms with Gasteiger partial charge >= 0.3 is 0 Å². The summed E-state index contributed by atoms with van der Waals surface area (Å²) in [6.07, 6.45) is 0. The molecule has 0 fully saturated rings. The largest absolute Gasteiger partial charge is 0.397 e. The first-order valence-corrected chi connectivity index (χ1v) is 8.18. The number of nitrogens with one attached hydrogen (secondary N) is 1. The Bertz CT molecular complexity index is 1130. The Morgan fingerprint density at radius 3 is 2.40 bits per heavy atom. The van der Waals surface area contributed by atoms with Gasteiger partial charge in [-0.2, -0.15) is 5.26 Å². The van der Waals surface area contributed by atoms with Crippen molar-refractivity contribution in [2.75, 3.05) is 5.73 Å². The van der Waals surface area contributed by atoms with Crippen molar-refractivity contribution in [2.45, 2.75) is 6.54 Å². The van der Waals surface area contributed by atoms with Crippen LogP contribution in [0.1, 0.15) is 31.8 Å². The third kappa shape index (κ3) is 2.07. The molecule has 7 nitrogen and oxygen atoms in total. The zero-order chi connectivity index (χ0) is 17.7. The fraction of sp³-hybridized carbons (Fsp3) is 0.0588. The van der Waals surface area contributed by atoms with Crippen LogP contribution in [0.25, 0.3) is 10.2 Å². The molecule has 2 amide bonds. The molecule has 0 atom stereocenters. The van der Waals surface area contributed by atoms with Crippen LogP contribution in [0.2, 0.25) is 0 Å². The van der Waals surface area contributed by atoms with E-state index in [1.54, 1.807) is 35.7 Å². The number of pyridine rings is 1. The van der Waals surface area contributed by atoms with Crippen molar-refractivity contribution in [1.29, 1.82) is 5.26 Å². The Morgan fingerprint density at radius 1 is 1.16 bits per heavy atom. The first-order chi connectivity index (χ1) is 12.0. The van der Waals surface area contributed by atoms with E-state index >= 15 is 0 Å². The summed E-state index contributed by atoms with van der Waals surface area (Å²) in [5.74, 6) is -0.744. The number of hydrogen-bond donors (Lipinski definition) is 2. The van der Waals surface area contributed by atoms with Crippen molar-refractivity contribution in [2.24, 2.45) is 0 Å². The zero-order valence-electron chi connectivity index (χ0n) is 12.7. The van der Waals surface area contributed by atoms with Crippen LogP contribution in [0, 0.1) is 11.3 Å². The summed E-state index contributed by atoms with van der Waals surface area (Å²) >= 11 is 1.24. The van der Waals surface area contributed by atoms with Crippen LogP contribution in [-0.2, 0) is 6.54 Å². The lowest BCUT2D eigenvalue weighted by Gasteiger charge is -2.13. The SMILES string of the molecule is N#Cc1c(N)c2c(CN3C(=O)c4ccccc4C3=O)csc2[nH]c1=O. The van der Waals surface area contributed by atoms with Crippen LogP contribution < -0.4 is 11.3 Å². The smallest absolute Gasteiger partial charge is 0.269 e. The number of carbonyl (C=O) groups is 2. The van der Waals surface area contributed by atoms with E-state index in [0.717, 1.165) is 4.90 Å². The number of nitrogen functional groups attached to an aromatic ring is 1. The molecule has 0 spiro atoms. The second kappa shape index (κ2) is 5.29. The average Bonchev–Trinajstić information content (AvgIpc) is 3.11. The molecule has 0 bridgehead atoms. The Balaban J connectivity index is 1.81. The predicted molar refractivity (Wildman–Crippen MR) is 92.2 cm³/mol. The lowest BCUT2D eigenvalue weighted by Crippen LogP contribution is -2.29. The summed E-state index contributed by atoms with van der Waals surface area (Å²) in [5, 5.41) is 11.3. The highest BCUT2D eigenvalue weighted by Gasteiger charge is 2.35. The van der Waals surface area contributed by atoms with Gasteiger partial charge in [-0.3, -0.25) is 19.3 Å². The Morgan fingerprint density at radius 2 is 1.80 bits per heavy atom. The van der Waals surface area contributed by atoms with E-state index in [1.165, 1.54) is 11.3 Å². The molecule has 3 aromatic rings. The fourth-order valence-electron chi connectivity index (χ4n) is 2.97. The van der Waals surface area contributed by atoms with Gasteiger partial charge in [0.15, 0.2) is 0 Å². The van der Waals surface area contributed by atoms with Crippen LogP contribution >= 0.6 is 11.3 Å². The number of hydrogen-bond acceptors (Lipinski definition) is 6. The number of aromatic nitrogens is 1. The number of carbonyl (C=O) groups excluding carboxylic acids is 2. The van der Waals surface area contributed by atoms with Gasteiger partial charge in [0.05, 0.1) is 23.4 Å². The quantitative estimate of drug-likeness (QED) is 0.683. The molecule has 3 N–H and O–H groups in total. The molecule has 122 valence electrons. The lowest BCUT2D eigenvalue weighted by molar-refractivity contribution is 0.0643. The van der Waals surface area contributed by atoms with E-state index in [-0.39, 0.29) is 29.6 Å². The van der Waals surface area contributed by atoms with E-state index in [2.05, 4.69) is 4.98 Å². The number of aromatic amines is 1. The highest BCUT2D eigenvalue weighted by Crippen LogP contribution is 2.32. The van der Waals surface area contributed by atoms with Gasteiger partial charge in [0.1, 0.15) is 16.5 Å². The van der Waals surface area contributed by atoms with E-state index < -0.39 is 5.56 Å². The maximum absolute atomic E-state index is 12.5. The van der Waals surface area contributed by atoms with E-state index in [4.69, 9.17) is 11.0 Å². The monoisotopic (exact) mass is 350 g/mol. The average molecular weight is 350 g/mol. The highest BCUT2D eigenvalue weighted by molar-refractivity contribution is 7.17. The molecule has 1 aromatic carbocycles. The second-order valence-electron chi connectivity index (χ2n) is 5.56. The molecular formula is C17H10N4O3S. The Hall–Kier alpha value is -3.44. The van der Waals surface area contributed by atoms with Crippen molar-refractivity contribution in [3.05, 3.63) is 62.3 Å². The van der Waals surface area contributed by atoms with Gasteiger partial charge in [0, 0.05) is 5.39 Å². The number of rotatable bonds is 2. The summed E-state index contributed by atoms with van der Waals surface area (Å²) in [4.78, 5) is 41.1. The van der Waals surface area contributed by atoms with E-state index in [9.17, 15) is 14.4 Å². The number of H-pyrrole nitrogens is 1. The molecule has 2 aromatic heterocycles. The maximum atomic E-state index is 12.5. The van der Waals surface area contributed by atoms with Crippen LogP contribution in [0.4, 0.5) is 5.69 Å². The summed E-state index contributed by atoms with van der Waals surface area (Å²) in [6, 6.07) is 8.42. The molecule has 0 aliphatic carbocycles. The number of fused-ring (bicyclic) bond motifs is 2. The molecule has 8 heteroatoms. The minimum Gasteiger partial charge on any atom is -0.397 e. The molecule has 25 heavy (non-hydrogen) atoms. The van der Waals surface area contributed by atoms with Gasteiger partial charge in [0.25, 0.3) is 17.4 Å². The molecule has 0 unspecified atom stereocenters. The number of anilines is 1. The summed E-state index contributed by atoms with van der Waals surface area (Å²) < 4.78 is 0. The van der Waals surface area contributed by atoms with E-state index in [1.807, 2.05) is 0 Å². The molecular weight excluding hydrogens is 340 g/mol. The van der Waals surface area contributed by atoms with Crippen molar-refractivity contribution in [3.63, 3.8) is 0 Å². The third-order valence-corrected chi connectivity index (χ3v) is 5.12. The van der Waals surface area contributed by atoms with E-state index in [0.29, 0.717) is 26.9 Å². The van der Waals surface area contributed by atoms with Crippen molar-refractivity contribution < 1.29 is 9.59 Å². The first-order valence-electron chi connectivity index (χ1n) is 7.30. The van der Waals surface area contributed by atoms with Gasteiger partial charge in [-0.05, 0) is 23.1 Å². The zero-order valence-corrected chi connectivity index (χ0v) is 13.5. The molecule has 0 saturated carbocycles. The topological polar surface area (TPSA) is 120 Å². The maximum Gasteiger partial charge on any atom is 0.269 e. The third-order valence-electron chi connectivity index (χ3n) is 4.18. The van der Waals surface area contributed by atoms with Gasteiger partial charge in [-0.1, -0.05) is 12.1 Å². The summed E-state index contributed by atoms with van der Waals surface area (Å²) in [6.45, 7) is 0.0213. The number of imide groups is 1. The van der Waals surface area contributed by atoms with Crippen LogP contribution in [0.15, 0.2) is 34.4 Å². The fourth-order valence-corrected chi connectivity index (χ4v) is 3.94. The number of benzene rings is 1. The van der Waals surface area contributed by atoms with Gasteiger partial charge in [0.2, 0.25) is 0 Å². The number of thiophene rings is 1. The Labute approximate surface area is 144 Å². The molecule has 0 radical (unpaired) electrons. The van der Waals surface area contributed by atoms with Gasteiger partial charge < -0.3 is 10.7 Å². The molecule has 1 aliphatic heterocycles. The molecule has 3 heterocycles. The lowest BCUT2D eigenvalue weighted by atomic mass is 10.1. The molecule has 4 rings (SSSR count). The molecule has 0 saturated heterocycles. The minimum atomic E-state index is -0.554. The number of amides is 2. The predicted octanol–water partition coefficient (Wildman–Crippen LogP) is 1.84. The first kappa shape index (κ1) is 15.1. The van der Waals surface area contributed by atoms with Crippen molar-refractivity contribution in [3.8, 4) is 6.07 Å². The van der Waals surface area contributed by atoms with Crippen molar-refractivity contribution in [1.82, 2.24) is 9.88 Å². The summed E-state index contributed by atoms with van der Waals surface area (Å²) in [7, 11) is 0. The minimum absolute atomic E-state index is 0.0213. The van der Waals surface area contributed by atoms with Crippen LogP contribution in [-0.4, -0.2) is 21.7 Å². The van der Waals surface area contributed by atoms with Crippen molar-refractivity contribution >= 4 is 39.1 Å². The standard InChI is InChI=1S/C17H10N4O3S/c18-5-11-13(19)12-8(7-25-15(12)20-14(11)22)6-21-16(23)9-3-1-2-4-10(9)17(21)24/h1-4,7H,6H2,(H3,19,20,22). The van der Waals surface area contributed by atoms with Crippen LogP contribution in [0.5, 0.6) is 0 Å². The number of nitriles is 1. The van der Waals surface area contributed by atoms with Crippen LogP contribution in [0.3, 0.4) is 0 Å². The normalized spacial score (nSPS) is 13.3. The highest BCUT2D eigenvalue weighted by atomic mass is 32.1. The number of nitrogens with two attached hydrogens (primary N) is 1. The second-order valence-corrected chi connectivity index (χ2v) is 6.44. The van der Waals surface area contributed by atoms with Gasteiger partial charge in [-0.15, -0.1) is 11.3 Å². The Kier molecular flexibility index (Phi) is 3.20. The molecule has 1 aliphatic rings. The van der Waals surface area contributed by atoms with Gasteiger partial charge in [-0.25, -0.2) is 0 Å². The number of nitrogens with zero attached hydrogens (tertiary/aromatic N) is 2. The summed E-state index contributed by atoms with van der Waals surface area (Å²) in [5.41, 5.74) is 6.66.